The molecular formula is C21H25BrN2O3S. The number of hydrogen-bond acceptors (Lipinski definition) is 4. The van der Waals surface area contributed by atoms with Crippen molar-refractivity contribution >= 4 is 44.1 Å². The Morgan fingerprint density at radius 1 is 1.29 bits per heavy atom. The van der Waals surface area contributed by atoms with E-state index >= 15 is 0 Å². The van der Waals surface area contributed by atoms with E-state index < -0.39 is 5.91 Å². The van der Waals surface area contributed by atoms with E-state index in [0.29, 0.717) is 34.4 Å². The van der Waals surface area contributed by atoms with E-state index in [4.69, 9.17) is 10.5 Å². The molecule has 3 N–H and O–H groups in total. The van der Waals surface area contributed by atoms with Crippen LogP contribution in [0.4, 0.5) is 5.00 Å². The van der Waals surface area contributed by atoms with E-state index in [1.165, 1.54) is 11.3 Å². The van der Waals surface area contributed by atoms with Crippen LogP contribution in [0.2, 0.25) is 0 Å². The van der Waals surface area contributed by atoms with Gasteiger partial charge >= 0.3 is 0 Å². The maximum atomic E-state index is 12.8. The number of halogens is 1. The molecule has 0 unspecified atom stereocenters. The number of carbonyl (C=O) groups is 2. The molecule has 7 heteroatoms. The molecule has 5 nitrogen and oxygen atoms in total. The number of carbonyl (C=O) groups excluding carboxylic acids is 2. The lowest BCUT2D eigenvalue weighted by Gasteiger charge is -2.12. The van der Waals surface area contributed by atoms with E-state index in [0.717, 1.165) is 47.0 Å². The Morgan fingerprint density at radius 2 is 2.04 bits per heavy atom. The normalized spacial score (nSPS) is 13.3. The van der Waals surface area contributed by atoms with Crippen molar-refractivity contribution in [3.05, 3.63) is 44.2 Å². The minimum absolute atomic E-state index is 0.268. The molecule has 150 valence electrons. The zero-order valence-electron chi connectivity index (χ0n) is 16.1. The minimum atomic E-state index is -0.482. The average Bonchev–Trinajstić information content (AvgIpc) is 3.00. The largest absolute Gasteiger partial charge is 0.492 e. The van der Waals surface area contributed by atoms with Crippen LogP contribution in [0.25, 0.3) is 0 Å². The third-order valence-electron chi connectivity index (χ3n) is 4.79. The predicted molar refractivity (Wildman–Crippen MR) is 117 cm³/mol. The van der Waals surface area contributed by atoms with Gasteiger partial charge in [0.2, 0.25) is 0 Å². The first kappa shape index (κ1) is 20.9. The van der Waals surface area contributed by atoms with Crippen molar-refractivity contribution in [2.24, 2.45) is 11.7 Å². The fraction of sp³-hybridized carbons (Fsp3) is 0.429. The number of fused-ring (bicyclic) bond motifs is 1. The lowest BCUT2D eigenvalue weighted by atomic mass is 9.95. The van der Waals surface area contributed by atoms with Crippen molar-refractivity contribution in [1.29, 1.82) is 0 Å². The van der Waals surface area contributed by atoms with E-state index in [2.05, 4.69) is 35.1 Å². The molecule has 28 heavy (non-hydrogen) atoms. The van der Waals surface area contributed by atoms with Crippen LogP contribution in [0, 0.1) is 5.92 Å². The number of ether oxygens (including phenoxy) is 1. The number of benzene rings is 1. The van der Waals surface area contributed by atoms with Crippen LogP contribution in [0.5, 0.6) is 5.75 Å². The van der Waals surface area contributed by atoms with Crippen LogP contribution in [0.1, 0.15) is 64.3 Å². The van der Waals surface area contributed by atoms with Gasteiger partial charge in [0.15, 0.2) is 0 Å². The standard InChI is InChI=1S/C21H25BrN2O3S/c1-12(2)9-10-27-16-8-7-13(11-15(16)22)20(26)24-21-18(19(23)25)14-5-3-4-6-17(14)28-21/h7-8,11-12H,3-6,9-10H2,1-2H3,(H2,23,25)(H,24,26). The summed E-state index contributed by atoms with van der Waals surface area (Å²) < 4.78 is 6.49. The van der Waals surface area contributed by atoms with E-state index in [-0.39, 0.29) is 5.91 Å². The molecule has 1 aromatic carbocycles. The Bertz CT molecular complexity index is 892. The second-order valence-electron chi connectivity index (χ2n) is 7.41. The van der Waals surface area contributed by atoms with E-state index in [9.17, 15) is 9.59 Å². The van der Waals surface area contributed by atoms with Gasteiger partial charge in [-0.05, 0) is 77.7 Å². The first-order chi connectivity index (χ1) is 13.4. The Balaban J connectivity index is 1.76. The number of aryl methyl sites for hydroxylation is 1. The molecule has 0 bridgehead atoms. The summed E-state index contributed by atoms with van der Waals surface area (Å²) in [5.41, 5.74) is 7.57. The van der Waals surface area contributed by atoms with Crippen molar-refractivity contribution in [1.82, 2.24) is 0 Å². The van der Waals surface area contributed by atoms with Crippen LogP contribution in [0.15, 0.2) is 22.7 Å². The van der Waals surface area contributed by atoms with Gasteiger partial charge in [0.25, 0.3) is 11.8 Å². The Morgan fingerprint density at radius 3 is 2.71 bits per heavy atom. The van der Waals surface area contributed by atoms with Crippen LogP contribution in [0.3, 0.4) is 0 Å². The van der Waals surface area contributed by atoms with Gasteiger partial charge in [-0.3, -0.25) is 9.59 Å². The van der Waals surface area contributed by atoms with Gasteiger partial charge in [0.05, 0.1) is 16.6 Å². The molecule has 0 atom stereocenters. The SMILES string of the molecule is CC(C)CCOc1ccc(C(=O)Nc2sc3c(c2C(N)=O)CCCC3)cc1Br. The van der Waals surface area contributed by atoms with E-state index in [1.54, 1.807) is 18.2 Å². The van der Waals surface area contributed by atoms with Crippen molar-refractivity contribution < 1.29 is 14.3 Å². The summed E-state index contributed by atoms with van der Waals surface area (Å²) in [7, 11) is 0. The highest BCUT2D eigenvalue weighted by Gasteiger charge is 2.25. The van der Waals surface area contributed by atoms with Crippen LogP contribution >= 0.6 is 27.3 Å². The highest BCUT2D eigenvalue weighted by atomic mass is 79.9. The second-order valence-corrected chi connectivity index (χ2v) is 9.37. The first-order valence-electron chi connectivity index (χ1n) is 9.55. The highest BCUT2D eigenvalue weighted by Crippen LogP contribution is 2.38. The number of hydrogen-bond donors (Lipinski definition) is 2. The molecule has 0 saturated heterocycles. The summed E-state index contributed by atoms with van der Waals surface area (Å²) in [6, 6.07) is 5.24. The summed E-state index contributed by atoms with van der Waals surface area (Å²) in [5.74, 6) is 0.529. The van der Waals surface area contributed by atoms with Gasteiger partial charge in [0, 0.05) is 10.4 Å². The molecule has 1 aliphatic rings. The van der Waals surface area contributed by atoms with Gasteiger partial charge in [-0.25, -0.2) is 0 Å². The third kappa shape index (κ3) is 4.75. The fourth-order valence-electron chi connectivity index (χ4n) is 3.25. The molecular weight excluding hydrogens is 440 g/mol. The van der Waals surface area contributed by atoms with Gasteiger partial charge < -0.3 is 15.8 Å². The number of rotatable bonds is 7. The maximum absolute atomic E-state index is 12.8. The first-order valence-corrected chi connectivity index (χ1v) is 11.2. The summed E-state index contributed by atoms with van der Waals surface area (Å²) in [5, 5.41) is 3.44. The van der Waals surface area contributed by atoms with Crippen molar-refractivity contribution in [3.63, 3.8) is 0 Å². The molecule has 1 heterocycles. The maximum Gasteiger partial charge on any atom is 0.256 e. The molecule has 1 aliphatic carbocycles. The van der Waals surface area contributed by atoms with Crippen LogP contribution < -0.4 is 15.8 Å². The third-order valence-corrected chi connectivity index (χ3v) is 6.62. The molecule has 0 saturated carbocycles. The number of nitrogens with two attached hydrogens (primary N) is 1. The van der Waals surface area contributed by atoms with Gasteiger partial charge in [-0.15, -0.1) is 11.3 Å². The fourth-order valence-corrected chi connectivity index (χ4v) is 5.04. The summed E-state index contributed by atoms with van der Waals surface area (Å²) in [6.45, 7) is 4.92. The Hall–Kier alpha value is -1.86. The number of primary amides is 1. The Kier molecular flexibility index (Phi) is 6.78. The molecule has 1 aromatic heterocycles. The monoisotopic (exact) mass is 464 g/mol. The molecule has 0 radical (unpaired) electrons. The quantitative estimate of drug-likeness (QED) is 0.592. The van der Waals surface area contributed by atoms with Gasteiger partial charge in [-0.1, -0.05) is 13.8 Å². The average molecular weight is 465 g/mol. The zero-order chi connectivity index (χ0) is 20.3. The molecule has 2 amide bonds. The molecule has 0 aliphatic heterocycles. The van der Waals surface area contributed by atoms with Crippen molar-refractivity contribution in [3.8, 4) is 5.75 Å². The van der Waals surface area contributed by atoms with Gasteiger partial charge in [0.1, 0.15) is 10.8 Å². The second kappa shape index (κ2) is 9.09. The van der Waals surface area contributed by atoms with Crippen molar-refractivity contribution in [2.45, 2.75) is 46.0 Å². The smallest absolute Gasteiger partial charge is 0.256 e. The number of thiophene rings is 1. The number of anilines is 1. The van der Waals surface area contributed by atoms with Gasteiger partial charge in [-0.2, -0.15) is 0 Å². The summed E-state index contributed by atoms with van der Waals surface area (Å²) in [6.07, 6.45) is 4.89. The minimum Gasteiger partial charge on any atom is -0.492 e. The lowest BCUT2D eigenvalue weighted by Crippen LogP contribution is -2.18. The highest BCUT2D eigenvalue weighted by molar-refractivity contribution is 9.10. The zero-order valence-corrected chi connectivity index (χ0v) is 18.5. The molecule has 3 rings (SSSR count). The number of nitrogens with one attached hydrogen (secondary N) is 1. The molecule has 0 fully saturated rings. The molecule has 0 spiro atoms. The topological polar surface area (TPSA) is 81.4 Å². The van der Waals surface area contributed by atoms with Crippen LogP contribution in [-0.4, -0.2) is 18.4 Å². The van der Waals surface area contributed by atoms with Crippen molar-refractivity contribution in [2.75, 3.05) is 11.9 Å². The summed E-state index contributed by atoms with van der Waals surface area (Å²) in [4.78, 5) is 25.9. The van der Waals surface area contributed by atoms with Crippen LogP contribution in [-0.2, 0) is 12.8 Å². The summed E-state index contributed by atoms with van der Waals surface area (Å²) >= 11 is 4.94. The predicted octanol–water partition coefficient (Wildman–Crippen LogP) is 5.17. The molecule has 2 aromatic rings. The lowest BCUT2D eigenvalue weighted by molar-refractivity contribution is 0.100. The van der Waals surface area contributed by atoms with E-state index in [1.807, 2.05) is 0 Å². The Labute approximate surface area is 177 Å². The number of amides is 2.